The normalized spacial score (nSPS) is 45.8. The molecule has 0 bridgehead atoms. The topological polar surface area (TPSA) is 114 Å². The highest BCUT2D eigenvalue weighted by molar-refractivity contribution is 5.78. The summed E-state index contributed by atoms with van der Waals surface area (Å²) in [6, 6.07) is -0.732. The van der Waals surface area contributed by atoms with Gasteiger partial charge in [-0.05, 0) is 0 Å². The second-order valence-electron chi connectivity index (χ2n) is 3.66. The Bertz CT molecular complexity index is 259. The van der Waals surface area contributed by atoms with Crippen LogP contribution in [0, 0.1) is 0 Å². The molecule has 5 N–H and O–H groups in total. The average molecular weight is 218 g/mol. The van der Waals surface area contributed by atoms with Crippen molar-refractivity contribution in [1.29, 1.82) is 0 Å². The number of fused-ring (bicyclic) bond motifs is 1. The van der Waals surface area contributed by atoms with Crippen molar-refractivity contribution in [2.75, 3.05) is 13.2 Å². The average Bonchev–Trinajstić information content (AvgIpc) is 2.24. The third-order valence-corrected chi connectivity index (χ3v) is 2.64. The number of rotatable bonds is 1. The zero-order valence-electron chi connectivity index (χ0n) is 8.00. The summed E-state index contributed by atoms with van der Waals surface area (Å²) in [7, 11) is 0. The Hall–Kier alpha value is -0.730. The molecular formula is C8H14N2O5. The second kappa shape index (κ2) is 4.03. The molecule has 2 saturated heterocycles. The van der Waals surface area contributed by atoms with Crippen LogP contribution in [0.3, 0.4) is 0 Å². The van der Waals surface area contributed by atoms with Crippen molar-refractivity contribution < 1.29 is 24.5 Å². The van der Waals surface area contributed by atoms with E-state index in [1.807, 2.05) is 0 Å². The van der Waals surface area contributed by atoms with Crippen LogP contribution in [-0.2, 0) is 14.3 Å². The van der Waals surface area contributed by atoms with Gasteiger partial charge in [0.05, 0.1) is 0 Å². The lowest BCUT2D eigenvalue weighted by Crippen LogP contribution is -2.68. The van der Waals surface area contributed by atoms with Gasteiger partial charge in [0.1, 0.15) is 31.0 Å². The molecule has 2 aliphatic heterocycles. The van der Waals surface area contributed by atoms with Crippen LogP contribution in [0.5, 0.6) is 0 Å². The van der Waals surface area contributed by atoms with E-state index in [0.29, 0.717) is 0 Å². The highest BCUT2D eigenvalue weighted by atomic mass is 16.7. The monoisotopic (exact) mass is 218 g/mol. The van der Waals surface area contributed by atoms with Gasteiger partial charge < -0.3 is 30.7 Å². The number of aliphatic hydroxyl groups excluding tert-OH is 2. The zero-order chi connectivity index (χ0) is 11.0. The number of morpholine rings is 1. The van der Waals surface area contributed by atoms with Gasteiger partial charge >= 0.3 is 0 Å². The van der Waals surface area contributed by atoms with Gasteiger partial charge in [0.15, 0.2) is 6.29 Å². The summed E-state index contributed by atoms with van der Waals surface area (Å²) < 4.78 is 10.4. The maximum Gasteiger partial charge on any atom is 0.246 e. The number of carbonyl (C=O) groups is 1. The van der Waals surface area contributed by atoms with Gasteiger partial charge in [0.2, 0.25) is 5.91 Å². The summed E-state index contributed by atoms with van der Waals surface area (Å²) >= 11 is 0. The SMILES string of the molecule is NCC1O[C@@H]2OCC(=O)N[C@@H]2C(O)[C@H]1O. The molecule has 0 aromatic carbocycles. The number of nitrogens with one attached hydrogen (secondary N) is 1. The molecule has 2 rings (SSSR count). The summed E-state index contributed by atoms with van der Waals surface area (Å²) in [5.74, 6) is -0.336. The van der Waals surface area contributed by atoms with E-state index in [-0.39, 0.29) is 19.1 Å². The molecule has 5 atom stereocenters. The van der Waals surface area contributed by atoms with E-state index >= 15 is 0 Å². The van der Waals surface area contributed by atoms with Crippen LogP contribution in [0.15, 0.2) is 0 Å². The zero-order valence-corrected chi connectivity index (χ0v) is 8.00. The summed E-state index contributed by atoms with van der Waals surface area (Å²) in [6.45, 7) is -0.0278. The van der Waals surface area contributed by atoms with Crippen molar-refractivity contribution in [1.82, 2.24) is 5.32 Å². The molecule has 0 saturated carbocycles. The maximum absolute atomic E-state index is 11.0. The van der Waals surface area contributed by atoms with Crippen LogP contribution in [0.25, 0.3) is 0 Å². The Labute approximate surface area is 86.1 Å². The molecule has 0 spiro atoms. The summed E-state index contributed by atoms with van der Waals surface area (Å²) in [6.07, 6.45) is -3.65. The molecule has 2 aliphatic rings. The maximum atomic E-state index is 11.0. The smallest absolute Gasteiger partial charge is 0.246 e. The minimum atomic E-state index is -1.12. The van der Waals surface area contributed by atoms with Gasteiger partial charge in [0, 0.05) is 6.54 Å². The van der Waals surface area contributed by atoms with Gasteiger partial charge in [-0.2, -0.15) is 0 Å². The number of ether oxygens (including phenoxy) is 2. The molecular weight excluding hydrogens is 204 g/mol. The number of carbonyl (C=O) groups excluding carboxylic acids is 1. The lowest BCUT2D eigenvalue weighted by molar-refractivity contribution is -0.270. The number of amides is 1. The van der Waals surface area contributed by atoms with Crippen molar-refractivity contribution in [3.05, 3.63) is 0 Å². The number of aliphatic hydroxyl groups is 2. The fourth-order valence-electron chi connectivity index (χ4n) is 1.81. The summed E-state index contributed by atoms with van der Waals surface area (Å²) in [4.78, 5) is 11.0. The third-order valence-electron chi connectivity index (χ3n) is 2.64. The van der Waals surface area contributed by atoms with E-state index in [1.54, 1.807) is 0 Å². The molecule has 2 fully saturated rings. The first-order valence-electron chi connectivity index (χ1n) is 4.76. The molecule has 0 aromatic rings. The van der Waals surface area contributed by atoms with Gasteiger partial charge in [-0.1, -0.05) is 0 Å². The molecule has 7 heteroatoms. The van der Waals surface area contributed by atoms with E-state index in [4.69, 9.17) is 15.2 Å². The Kier molecular flexibility index (Phi) is 2.89. The van der Waals surface area contributed by atoms with Crippen LogP contribution < -0.4 is 11.1 Å². The first kappa shape index (κ1) is 10.8. The van der Waals surface area contributed by atoms with E-state index in [9.17, 15) is 15.0 Å². The molecule has 1 amide bonds. The molecule has 2 unspecified atom stereocenters. The fourth-order valence-corrected chi connectivity index (χ4v) is 1.81. The van der Waals surface area contributed by atoms with Crippen LogP contribution in [0.4, 0.5) is 0 Å². The van der Waals surface area contributed by atoms with Gasteiger partial charge in [-0.15, -0.1) is 0 Å². The lowest BCUT2D eigenvalue weighted by Gasteiger charge is -2.44. The first-order valence-corrected chi connectivity index (χ1v) is 4.76. The molecule has 0 aliphatic carbocycles. The van der Waals surface area contributed by atoms with Crippen molar-refractivity contribution >= 4 is 5.91 Å². The van der Waals surface area contributed by atoms with Crippen molar-refractivity contribution in [2.45, 2.75) is 30.6 Å². The Morgan fingerprint density at radius 1 is 1.47 bits per heavy atom. The molecule has 7 nitrogen and oxygen atoms in total. The number of hydrogen-bond donors (Lipinski definition) is 4. The number of hydrogen-bond acceptors (Lipinski definition) is 6. The van der Waals surface area contributed by atoms with Crippen LogP contribution in [0.1, 0.15) is 0 Å². The predicted molar refractivity (Wildman–Crippen MR) is 47.6 cm³/mol. The third kappa shape index (κ3) is 1.84. The van der Waals surface area contributed by atoms with Crippen LogP contribution >= 0.6 is 0 Å². The van der Waals surface area contributed by atoms with Gasteiger partial charge in [-0.3, -0.25) is 4.79 Å². The van der Waals surface area contributed by atoms with Crippen molar-refractivity contribution in [3.63, 3.8) is 0 Å². The van der Waals surface area contributed by atoms with Gasteiger partial charge in [-0.25, -0.2) is 0 Å². The molecule has 2 heterocycles. The van der Waals surface area contributed by atoms with E-state index in [1.165, 1.54) is 0 Å². The van der Waals surface area contributed by atoms with E-state index in [2.05, 4.69) is 5.32 Å². The summed E-state index contributed by atoms with van der Waals surface area (Å²) in [5, 5.41) is 21.8. The van der Waals surface area contributed by atoms with Gasteiger partial charge in [0.25, 0.3) is 0 Å². The first-order chi connectivity index (χ1) is 7.13. The molecule has 0 aromatic heterocycles. The minimum absolute atomic E-state index is 0.0821. The molecule has 86 valence electrons. The van der Waals surface area contributed by atoms with E-state index < -0.39 is 30.6 Å². The van der Waals surface area contributed by atoms with Crippen LogP contribution in [-0.4, -0.2) is 59.9 Å². The minimum Gasteiger partial charge on any atom is -0.388 e. The molecule has 0 radical (unpaired) electrons. The standard InChI is InChI=1S/C8H14N2O5/c9-1-3-6(12)7(13)5-8(15-3)14-2-4(11)10-5/h3,5-8,12-13H,1-2,9H2,(H,10,11)/t3?,5-,6+,7?,8+/m1/s1. The Morgan fingerprint density at radius 2 is 2.20 bits per heavy atom. The highest BCUT2D eigenvalue weighted by Gasteiger charge is 2.47. The van der Waals surface area contributed by atoms with Crippen molar-refractivity contribution in [2.24, 2.45) is 5.73 Å². The second-order valence-corrected chi connectivity index (χ2v) is 3.66. The Morgan fingerprint density at radius 3 is 2.87 bits per heavy atom. The van der Waals surface area contributed by atoms with E-state index in [0.717, 1.165) is 0 Å². The summed E-state index contributed by atoms with van der Waals surface area (Å²) in [5.41, 5.74) is 5.37. The van der Waals surface area contributed by atoms with Crippen molar-refractivity contribution in [3.8, 4) is 0 Å². The lowest BCUT2D eigenvalue weighted by atomic mass is 9.96. The largest absolute Gasteiger partial charge is 0.388 e. The highest BCUT2D eigenvalue weighted by Crippen LogP contribution is 2.23. The number of nitrogens with two attached hydrogens (primary N) is 1. The molecule has 15 heavy (non-hydrogen) atoms. The van der Waals surface area contributed by atoms with Crippen LogP contribution in [0.2, 0.25) is 0 Å². The Balaban J connectivity index is 2.11. The quantitative estimate of drug-likeness (QED) is 0.371. The predicted octanol–water partition coefficient (Wildman–Crippen LogP) is -3.09. The fraction of sp³-hybridized carbons (Fsp3) is 0.875.